The molecule has 0 spiro atoms. The van der Waals surface area contributed by atoms with Gasteiger partial charge in [-0.25, -0.2) is 4.79 Å². The van der Waals surface area contributed by atoms with Crippen molar-refractivity contribution < 1.29 is 23.8 Å². The van der Waals surface area contributed by atoms with E-state index in [1.165, 1.54) is 0 Å². The van der Waals surface area contributed by atoms with Crippen LogP contribution in [0.25, 0.3) is 0 Å². The van der Waals surface area contributed by atoms with E-state index in [9.17, 15) is 9.59 Å². The Morgan fingerprint density at radius 3 is 2.41 bits per heavy atom. The third-order valence-corrected chi connectivity index (χ3v) is 1.49. The van der Waals surface area contributed by atoms with Crippen LogP contribution in [0.15, 0.2) is 0 Å². The van der Waals surface area contributed by atoms with E-state index >= 15 is 0 Å². The minimum atomic E-state index is -0.489. The smallest absolute Gasteiger partial charge is 0.332 e. The molecule has 0 aliphatic rings. The monoisotopic (exact) mass is 247 g/mol. The van der Waals surface area contributed by atoms with E-state index in [4.69, 9.17) is 14.2 Å². The molecule has 1 N–H and O–H groups in total. The lowest BCUT2D eigenvalue weighted by Gasteiger charge is -2.19. The lowest BCUT2D eigenvalue weighted by Crippen LogP contribution is -2.27. The van der Waals surface area contributed by atoms with Crippen LogP contribution >= 0.6 is 0 Å². The molecule has 0 fully saturated rings. The summed E-state index contributed by atoms with van der Waals surface area (Å²) in [6.45, 7) is 6.91. The number of ether oxygens (including phenoxy) is 3. The van der Waals surface area contributed by atoms with Gasteiger partial charge in [0.1, 0.15) is 12.2 Å². The molecule has 0 heterocycles. The number of hydrogen-bond acceptors (Lipinski definition) is 5. The standard InChI is InChI=1S/C11H21NO5/c1-11(2,3)17-10(14)8-16-7-6-15-5-4-12-9-13/h9H,4-8H2,1-3H3,(H,12,13). The Bertz CT molecular complexity index is 224. The van der Waals surface area contributed by atoms with E-state index in [1.54, 1.807) is 20.8 Å². The normalized spacial score (nSPS) is 11.0. The first-order chi connectivity index (χ1) is 7.95. The van der Waals surface area contributed by atoms with Crippen LogP contribution in [0.5, 0.6) is 0 Å². The van der Waals surface area contributed by atoms with Crippen molar-refractivity contribution >= 4 is 12.4 Å². The van der Waals surface area contributed by atoms with Crippen LogP contribution in [0.2, 0.25) is 0 Å². The van der Waals surface area contributed by atoms with E-state index < -0.39 is 5.60 Å². The van der Waals surface area contributed by atoms with Crippen molar-refractivity contribution in [2.45, 2.75) is 26.4 Å². The third kappa shape index (κ3) is 12.8. The second kappa shape index (κ2) is 8.95. The number of hydrogen-bond donors (Lipinski definition) is 1. The minimum absolute atomic E-state index is 0.0762. The molecule has 6 nitrogen and oxygen atoms in total. The summed E-state index contributed by atoms with van der Waals surface area (Å²) in [6, 6.07) is 0. The van der Waals surface area contributed by atoms with Gasteiger partial charge in [0, 0.05) is 6.54 Å². The van der Waals surface area contributed by atoms with Crippen molar-refractivity contribution in [2.24, 2.45) is 0 Å². The Balaban J connectivity index is 3.28. The molecule has 0 saturated heterocycles. The quantitative estimate of drug-likeness (QED) is 0.355. The van der Waals surface area contributed by atoms with Crippen molar-refractivity contribution in [1.29, 1.82) is 0 Å². The Hall–Kier alpha value is -1.14. The van der Waals surface area contributed by atoms with Gasteiger partial charge in [0.15, 0.2) is 0 Å². The molecule has 0 unspecified atom stereocenters. The molecule has 0 aromatic rings. The zero-order valence-corrected chi connectivity index (χ0v) is 10.7. The van der Waals surface area contributed by atoms with Crippen LogP contribution in [0.1, 0.15) is 20.8 Å². The van der Waals surface area contributed by atoms with Gasteiger partial charge in [0.25, 0.3) is 0 Å². The van der Waals surface area contributed by atoms with Gasteiger partial charge in [-0.1, -0.05) is 0 Å². The second-order valence-electron chi connectivity index (χ2n) is 4.32. The first-order valence-electron chi connectivity index (χ1n) is 5.50. The van der Waals surface area contributed by atoms with Gasteiger partial charge in [-0.3, -0.25) is 4.79 Å². The minimum Gasteiger partial charge on any atom is -0.458 e. The van der Waals surface area contributed by atoms with E-state index in [0.717, 1.165) is 0 Å². The summed E-state index contributed by atoms with van der Waals surface area (Å²) in [7, 11) is 0. The third-order valence-electron chi connectivity index (χ3n) is 1.49. The summed E-state index contributed by atoms with van der Waals surface area (Å²) in [5, 5.41) is 2.46. The maximum absolute atomic E-state index is 11.2. The Kier molecular flexibility index (Phi) is 8.35. The first-order valence-corrected chi connectivity index (χ1v) is 5.50. The lowest BCUT2D eigenvalue weighted by molar-refractivity contribution is -0.160. The lowest BCUT2D eigenvalue weighted by atomic mass is 10.2. The fourth-order valence-corrected chi connectivity index (χ4v) is 0.936. The highest BCUT2D eigenvalue weighted by molar-refractivity contribution is 5.71. The topological polar surface area (TPSA) is 73.9 Å². The number of nitrogens with one attached hydrogen (secondary N) is 1. The zero-order chi connectivity index (χ0) is 13.1. The van der Waals surface area contributed by atoms with Crippen LogP contribution < -0.4 is 5.32 Å². The molecule has 17 heavy (non-hydrogen) atoms. The number of esters is 1. The van der Waals surface area contributed by atoms with E-state index in [1.807, 2.05) is 0 Å². The summed E-state index contributed by atoms with van der Waals surface area (Å²) in [5.41, 5.74) is -0.489. The van der Waals surface area contributed by atoms with Gasteiger partial charge in [-0.2, -0.15) is 0 Å². The predicted molar refractivity (Wildman–Crippen MR) is 61.5 cm³/mol. The fourth-order valence-electron chi connectivity index (χ4n) is 0.936. The molecule has 0 bridgehead atoms. The van der Waals surface area contributed by atoms with Gasteiger partial charge >= 0.3 is 5.97 Å². The van der Waals surface area contributed by atoms with E-state index in [0.29, 0.717) is 32.8 Å². The number of carbonyl (C=O) groups excluding carboxylic acids is 2. The molecule has 0 aliphatic carbocycles. The average molecular weight is 247 g/mol. The highest BCUT2D eigenvalue weighted by Gasteiger charge is 2.15. The van der Waals surface area contributed by atoms with Crippen LogP contribution in [-0.2, 0) is 23.8 Å². The molecule has 0 saturated carbocycles. The molecule has 6 heteroatoms. The predicted octanol–water partition coefficient (Wildman–Crippen LogP) is 0.107. The summed E-state index contributed by atoms with van der Waals surface area (Å²) in [5.74, 6) is -0.389. The molecule has 1 amide bonds. The maximum atomic E-state index is 11.2. The summed E-state index contributed by atoms with van der Waals surface area (Å²) >= 11 is 0. The largest absolute Gasteiger partial charge is 0.458 e. The number of carbonyl (C=O) groups is 2. The second-order valence-corrected chi connectivity index (χ2v) is 4.32. The van der Waals surface area contributed by atoms with Gasteiger partial charge in [-0.15, -0.1) is 0 Å². The van der Waals surface area contributed by atoms with Gasteiger partial charge < -0.3 is 19.5 Å². The Morgan fingerprint density at radius 2 is 1.82 bits per heavy atom. The molecular weight excluding hydrogens is 226 g/mol. The Morgan fingerprint density at radius 1 is 1.18 bits per heavy atom. The Labute approximate surface area is 102 Å². The van der Waals surface area contributed by atoms with Crippen LogP contribution in [-0.4, -0.2) is 51.0 Å². The van der Waals surface area contributed by atoms with Crippen LogP contribution in [0, 0.1) is 0 Å². The zero-order valence-electron chi connectivity index (χ0n) is 10.7. The average Bonchev–Trinajstić information content (AvgIpc) is 2.19. The van der Waals surface area contributed by atoms with Gasteiger partial charge in [0.2, 0.25) is 6.41 Å². The molecule has 0 aliphatic heterocycles. The summed E-state index contributed by atoms with van der Waals surface area (Å²) < 4.78 is 15.2. The maximum Gasteiger partial charge on any atom is 0.332 e. The molecule has 100 valence electrons. The molecule has 0 aromatic carbocycles. The van der Waals surface area contributed by atoms with Gasteiger partial charge in [0.05, 0.1) is 19.8 Å². The van der Waals surface area contributed by atoms with Gasteiger partial charge in [-0.05, 0) is 20.8 Å². The fraction of sp³-hybridized carbons (Fsp3) is 0.818. The molecule has 0 atom stereocenters. The van der Waals surface area contributed by atoms with Crippen molar-refractivity contribution in [3.05, 3.63) is 0 Å². The SMILES string of the molecule is CC(C)(C)OC(=O)COCCOCCNC=O. The van der Waals surface area contributed by atoms with E-state index in [2.05, 4.69) is 5.32 Å². The summed E-state index contributed by atoms with van der Waals surface area (Å²) in [4.78, 5) is 21.1. The van der Waals surface area contributed by atoms with Crippen molar-refractivity contribution in [2.75, 3.05) is 33.0 Å². The highest BCUT2D eigenvalue weighted by atomic mass is 16.6. The molecular formula is C11H21NO5. The van der Waals surface area contributed by atoms with Crippen molar-refractivity contribution in [1.82, 2.24) is 5.32 Å². The number of rotatable bonds is 9. The number of amides is 1. The van der Waals surface area contributed by atoms with Crippen molar-refractivity contribution in [3.63, 3.8) is 0 Å². The molecule has 0 rings (SSSR count). The van der Waals surface area contributed by atoms with Crippen molar-refractivity contribution in [3.8, 4) is 0 Å². The summed E-state index contributed by atoms with van der Waals surface area (Å²) in [6.07, 6.45) is 0.613. The van der Waals surface area contributed by atoms with Crippen LogP contribution in [0.3, 0.4) is 0 Å². The highest BCUT2D eigenvalue weighted by Crippen LogP contribution is 2.06. The first kappa shape index (κ1) is 15.9. The molecule has 0 aromatic heterocycles. The van der Waals surface area contributed by atoms with E-state index in [-0.39, 0.29) is 12.6 Å². The van der Waals surface area contributed by atoms with Crippen LogP contribution in [0.4, 0.5) is 0 Å². The molecule has 0 radical (unpaired) electrons.